The summed E-state index contributed by atoms with van der Waals surface area (Å²) in [6.45, 7) is 0. The molecule has 5 heteroatoms. The maximum Gasteiger partial charge on any atom is 0.268 e. The number of nitrogens with two attached hydrogens (primary N) is 1. The molecule has 1 aromatic rings. The number of H-pyrrole nitrogens is 1. The van der Waals surface area contributed by atoms with Gasteiger partial charge in [-0.05, 0) is 25.2 Å². The zero-order chi connectivity index (χ0) is 12.3. The number of carbonyl (C=O) groups excluding carboxylic acids is 1. The molecule has 2 rings (SSSR count). The molecule has 1 aliphatic carbocycles. The van der Waals surface area contributed by atoms with E-state index in [1.807, 2.05) is 11.8 Å². The zero-order valence-electron chi connectivity index (χ0n) is 10.0. The van der Waals surface area contributed by atoms with Crippen LogP contribution in [-0.4, -0.2) is 28.4 Å². The Morgan fingerprint density at radius 1 is 1.53 bits per heavy atom. The van der Waals surface area contributed by atoms with Gasteiger partial charge in [0.1, 0.15) is 5.69 Å². The van der Waals surface area contributed by atoms with Crippen molar-refractivity contribution in [3.05, 3.63) is 18.0 Å². The first-order valence-electron chi connectivity index (χ1n) is 5.98. The van der Waals surface area contributed by atoms with Gasteiger partial charge in [0, 0.05) is 23.2 Å². The molecule has 0 bridgehead atoms. The molecular formula is C12H19N3OS. The van der Waals surface area contributed by atoms with Crippen molar-refractivity contribution in [2.75, 3.05) is 12.0 Å². The third-order valence-electron chi connectivity index (χ3n) is 3.27. The molecular weight excluding hydrogens is 234 g/mol. The van der Waals surface area contributed by atoms with Gasteiger partial charge >= 0.3 is 0 Å². The van der Waals surface area contributed by atoms with E-state index in [2.05, 4.69) is 16.6 Å². The molecule has 4 N–H and O–H groups in total. The van der Waals surface area contributed by atoms with Crippen LogP contribution >= 0.6 is 11.8 Å². The van der Waals surface area contributed by atoms with Crippen molar-refractivity contribution < 1.29 is 4.79 Å². The number of amides is 1. The minimum Gasteiger partial charge on any atom is -0.397 e. The summed E-state index contributed by atoms with van der Waals surface area (Å²) in [6.07, 6.45) is 8.50. The Labute approximate surface area is 106 Å². The van der Waals surface area contributed by atoms with E-state index < -0.39 is 0 Å². The van der Waals surface area contributed by atoms with Gasteiger partial charge in [0.2, 0.25) is 0 Å². The minimum absolute atomic E-state index is 0.0485. The first kappa shape index (κ1) is 12.4. The van der Waals surface area contributed by atoms with Gasteiger partial charge in [-0.15, -0.1) is 0 Å². The number of hydrogen-bond donors (Lipinski definition) is 3. The van der Waals surface area contributed by atoms with Gasteiger partial charge in [0.05, 0.1) is 0 Å². The molecule has 1 fully saturated rings. The highest BCUT2D eigenvalue weighted by Crippen LogP contribution is 2.27. The number of aromatic amines is 1. The lowest BCUT2D eigenvalue weighted by molar-refractivity contribution is 0.0925. The predicted molar refractivity (Wildman–Crippen MR) is 72.2 cm³/mol. The summed E-state index contributed by atoms with van der Waals surface area (Å²) in [5, 5.41) is 3.64. The Kier molecular flexibility index (Phi) is 3.99. The van der Waals surface area contributed by atoms with Crippen molar-refractivity contribution in [3.8, 4) is 0 Å². The highest BCUT2D eigenvalue weighted by atomic mass is 32.2. The van der Waals surface area contributed by atoms with E-state index in [9.17, 15) is 4.79 Å². The van der Waals surface area contributed by atoms with E-state index in [-0.39, 0.29) is 11.9 Å². The normalized spacial score (nSPS) is 24.5. The number of nitrogens with one attached hydrogen (secondary N) is 2. The second-order valence-corrected chi connectivity index (χ2v) is 5.56. The van der Waals surface area contributed by atoms with Crippen molar-refractivity contribution in [1.29, 1.82) is 0 Å². The largest absolute Gasteiger partial charge is 0.397 e. The second kappa shape index (κ2) is 5.49. The molecule has 1 aliphatic rings. The summed E-state index contributed by atoms with van der Waals surface area (Å²) in [5.74, 6) is -0.0485. The molecule has 2 unspecified atom stereocenters. The fourth-order valence-corrected chi connectivity index (χ4v) is 3.27. The van der Waals surface area contributed by atoms with E-state index >= 15 is 0 Å². The van der Waals surface area contributed by atoms with E-state index in [1.165, 1.54) is 19.3 Å². The molecule has 2 atom stereocenters. The van der Waals surface area contributed by atoms with E-state index in [4.69, 9.17) is 5.73 Å². The molecule has 17 heavy (non-hydrogen) atoms. The number of hydrogen-bond acceptors (Lipinski definition) is 3. The predicted octanol–water partition coefficient (Wildman–Crippen LogP) is 2.00. The van der Waals surface area contributed by atoms with Gasteiger partial charge in [-0.1, -0.05) is 12.8 Å². The van der Waals surface area contributed by atoms with Gasteiger partial charge in [0.15, 0.2) is 0 Å². The minimum atomic E-state index is -0.0485. The molecule has 0 aromatic carbocycles. The van der Waals surface area contributed by atoms with Crippen LogP contribution < -0.4 is 11.1 Å². The summed E-state index contributed by atoms with van der Waals surface area (Å²) >= 11 is 1.85. The van der Waals surface area contributed by atoms with Crippen LogP contribution in [0.4, 0.5) is 5.69 Å². The summed E-state index contributed by atoms with van der Waals surface area (Å²) in [7, 11) is 0. The average molecular weight is 253 g/mol. The molecule has 0 radical (unpaired) electrons. The van der Waals surface area contributed by atoms with Crippen LogP contribution in [-0.2, 0) is 0 Å². The van der Waals surface area contributed by atoms with Crippen molar-refractivity contribution in [2.45, 2.75) is 37.0 Å². The number of carbonyl (C=O) groups is 1. The summed E-state index contributed by atoms with van der Waals surface area (Å²) < 4.78 is 0. The molecule has 4 nitrogen and oxygen atoms in total. The maximum absolute atomic E-state index is 12.0. The van der Waals surface area contributed by atoms with Crippen molar-refractivity contribution in [3.63, 3.8) is 0 Å². The van der Waals surface area contributed by atoms with Crippen LogP contribution in [0.5, 0.6) is 0 Å². The smallest absolute Gasteiger partial charge is 0.268 e. The second-order valence-electron chi connectivity index (χ2n) is 4.49. The Morgan fingerprint density at radius 2 is 2.29 bits per heavy atom. The molecule has 1 amide bonds. The molecule has 94 valence electrons. The fraction of sp³-hybridized carbons (Fsp3) is 0.583. The van der Waals surface area contributed by atoms with Crippen LogP contribution in [0, 0.1) is 0 Å². The number of rotatable bonds is 3. The van der Waals surface area contributed by atoms with Crippen molar-refractivity contribution in [2.24, 2.45) is 0 Å². The van der Waals surface area contributed by atoms with Gasteiger partial charge < -0.3 is 16.0 Å². The summed E-state index contributed by atoms with van der Waals surface area (Å²) in [4.78, 5) is 14.9. The monoisotopic (exact) mass is 253 g/mol. The highest BCUT2D eigenvalue weighted by molar-refractivity contribution is 7.99. The third kappa shape index (κ3) is 2.97. The van der Waals surface area contributed by atoms with Crippen LogP contribution in [0.25, 0.3) is 0 Å². The number of anilines is 1. The standard InChI is InChI=1S/C12H19N3OS/c1-17-11-5-3-2-4-9(11)15-12(16)10-6-8(13)7-14-10/h6-7,9,11,14H,2-5,13H2,1H3,(H,15,16). The molecule has 0 spiro atoms. The molecule has 1 saturated carbocycles. The van der Waals surface area contributed by atoms with Gasteiger partial charge in [-0.25, -0.2) is 0 Å². The average Bonchev–Trinajstić information content (AvgIpc) is 2.77. The quantitative estimate of drug-likeness (QED) is 0.771. The third-order valence-corrected chi connectivity index (χ3v) is 4.44. The van der Waals surface area contributed by atoms with Crippen molar-refractivity contribution >= 4 is 23.4 Å². The maximum atomic E-state index is 12.0. The lowest BCUT2D eigenvalue weighted by Crippen LogP contribution is -2.43. The first-order chi connectivity index (χ1) is 8.20. The number of thioether (sulfide) groups is 1. The fourth-order valence-electron chi connectivity index (χ4n) is 2.33. The van der Waals surface area contributed by atoms with Gasteiger partial charge in [-0.3, -0.25) is 4.79 Å². The number of nitrogen functional groups attached to an aromatic ring is 1. The SMILES string of the molecule is CSC1CCCCC1NC(=O)c1cc(N)c[nH]1. The topological polar surface area (TPSA) is 70.9 Å². The van der Waals surface area contributed by atoms with E-state index in [0.717, 1.165) is 6.42 Å². The van der Waals surface area contributed by atoms with Crippen LogP contribution in [0.1, 0.15) is 36.2 Å². The first-order valence-corrected chi connectivity index (χ1v) is 7.27. The van der Waals surface area contributed by atoms with Crippen LogP contribution in [0.3, 0.4) is 0 Å². The molecule has 0 aliphatic heterocycles. The van der Waals surface area contributed by atoms with Crippen LogP contribution in [0.2, 0.25) is 0 Å². The lowest BCUT2D eigenvalue weighted by atomic mass is 9.95. The Morgan fingerprint density at radius 3 is 2.94 bits per heavy atom. The Bertz CT molecular complexity index is 391. The van der Waals surface area contributed by atoms with Crippen LogP contribution in [0.15, 0.2) is 12.3 Å². The van der Waals surface area contributed by atoms with Gasteiger partial charge in [-0.2, -0.15) is 11.8 Å². The Balaban J connectivity index is 1.97. The Hall–Kier alpha value is -1.10. The highest BCUT2D eigenvalue weighted by Gasteiger charge is 2.26. The summed E-state index contributed by atoms with van der Waals surface area (Å²) in [6, 6.07) is 1.96. The lowest BCUT2D eigenvalue weighted by Gasteiger charge is -2.30. The van der Waals surface area contributed by atoms with Crippen molar-refractivity contribution in [1.82, 2.24) is 10.3 Å². The summed E-state index contributed by atoms with van der Waals surface area (Å²) in [5.41, 5.74) is 6.73. The molecule has 0 saturated heterocycles. The van der Waals surface area contributed by atoms with Gasteiger partial charge in [0.25, 0.3) is 5.91 Å². The molecule has 1 aromatic heterocycles. The molecule has 1 heterocycles. The number of aromatic nitrogens is 1. The zero-order valence-corrected chi connectivity index (χ0v) is 10.8. The van der Waals surface area contributed by atoms with E-state index in [0.29, 0.717) is 16.6 Å². The van der Waals surface area contributed by atoms with E-state index in [1.54, 1.807) is 12.3 Å².